The quantitative estimate of drug-likeness (QED) is 0.755. The second-order valence-corrected chi connectivity index (χ2v) is 4.58. The highest BCUT2D eigenvalue weighted by Gasteiger charge is 2.10. The van der Waals surface area contributed by atoms with Crippen LogP contribution >= 0.6 is 27.5 Å². The average Bonchev–Trinajstić information content (AvgIpc) is 2.26. The fraction of sp³-hybridized carbons (Fsp3) is 0.182. The van der Waals surface area contributed by atoms with E-state index < -0.39 is 0 Å². The van der Waals surface area contributed by atoms with E-state index >= 15 is 0 Å². The third-order valence-electron chi connectivity index (χ3n) is 2.24. The number of halogens is 2. The zero-order valence-corrected chi connectivity index (χ0v) is 11.2. The molecule has 5 heteroatoms. The standard InChI is InChI=1S/C11H9BrClN3/c1-6-5-14-4-3-8(6)11-15-7(2)9(12)10(13)16-11/h3-5H,1-2H3. The molecular formula is C11H9BrClN3. The van der Waals surface area contributed by atoms with Crippen molar-refractivity contribution in [1.29, 1.82) is 0 Å². The summed E-state index contributed by atoms with van der Waals surface area (Å²) in [7, 11) is 0. The van der Waals surface area contributed by atoms with Crippen molar-refractivity contribution in [2.75, 3.05) is 0 Å². The number of hydrogen-bond donors (Lipinski definition) is 0. The van der Waals surface area contributed by atoms with Crippen molar-refractivity contribution in [3.05, 3.63) is 39.3 Å². The second-order valence-electron chi connectivity index (χ2n) is 3.43. The number of pyridine rings is 1. The van der Waals surface area contributed by atoms with E-state index in [2.05, 4.69) is 30.9 Å². The highest BCUT2D eigenvalue weighted by atomic mass is 79.9. The molecule has 2 rings (SSSR count). The van der Waals surface area contributed by atoms with Crippen molar-refractivity contribution in [2.24, 2.45) is 0 Å². The minimum Gasteiger partial charge on any atom is -0.264 e. The molecule has 0 bridgehead atoms. The Labute approximate surface area is 107 Å². The zero-order chi connectivity index (χ0) is 11.7. The first kappa shape index (κ1) is 11.5. The smallest absolute Gasteiger partial charge is 0.161 e. The van der Waals surface area contributed by atoms with Crippen molar-refractivity contribution in [1.82, 2.24) is 15.0 Å². The number of aryl methyl sites for hydroxylation is 2. The highest BCUT2D eigenvalue weighted by Crippen LogP contribution is 2.27. The third kappa shape index (κ3) is 2.08. The van der Waals surface area contributed by atoms with Gasteiger partial charge in [0.2, 0.25) is 0 Å². The largest absolute Gasteiger partial charge is 0.264 e. The van der Waals surface area contributed by atoms with E-state index in [9.17, 15) is 0 Å². The minimum atomic E-state index is 0.429. The molecule has 0 aliphatic carbocycles. The summed E-state index contributed by atoms with van der Waals surface area (Å²) in [5, 5.41) is 0.429. The first-order chi connectivity index (χ1) is 7.59. The van der Waals surface area contributed by atoms with E-state index in [1.54, 1.807) is 12.4 Å². The lowest BCUT2D eigenvalue weighted by Crippen LogP contribution is -1.96. The van der Waals surface area contributed by atoms with Gasteiger partial charge < -0.3 is 0 Å². The van der Waals surface area contributed by atoms with Crippen LogP contribution in [0.25, 0.3) is 11.4 Å². The topological polar surface area (TPSA) is 38.7 Å². The van der Waals surface area contributed by atoms with Crippen LogP contribution in [0.1, 0.15) is 11.3 Å². The maximum atomic E-state index is 6.01. The molecule has 0 aromatic carbocycles. The number of aromatic nitrogens is 3. The van der Waals surface area contributed by atoms with E-state index in [1.165, 1.54) is 0 Å². The van der Waals surface area contributed by atoms with Crippen LogP contribution < -0.4 is 0 Å². The van der Waals surface area contributed by atoms with Crippen LogP contribution in [0, 0.1) is 13.8 Å². The van der Waals surface area contributed by atoms with E-state index in [0.29, 0.717) is 11.0 Å². The summed E-state index contributed by atoms with van der Waals surface area (Å²) in [5.41, 5.74) is 2.80. The predicted octanol–water partition coefficient (Wildman–Crippen LogP) is 3.57. The first-order valence-electron chi connectivity index (χ1n) is 4.70. The Morgan fingerprint density at radius 1 is 1.25 bits per heavy atom. The first-order valence-corrected chi connectivity index (χ1v) is 5.87. The van der Waals surface area contributed by atoms with E-state index in [0.717, 1.165) is 21.3 Å². The van der Waals surface area contributed by atoms with Gasteiger partial charge in [0.25, 0.3) is 0 Å². The fourth-order valence-corrected chi connectivity index (χ4v) is 1.76. The number of hydrogen-bond acceptors (Lipinski definition) is 3. The van der Waals surface area contributed by atoms with E-state index in [-0.39, 0.29) is 0 Å². The molecule has 0 amide bonds. The molecule has 0 radical (unpaired) electrons. The summed E-state index contributed by atoms with van der Waals surface area (Å²) >= 11 is 9.34. The van der Waals surface area contributed by atoms with Crippen LogP contribution in [0.5, 0.6) is 0 Å². The summed E-state index contributed by atoms with van der Waals surface area (Å²) in [6, 6.07) is 1.88. The van der Waals surface area contributed by atoms with Gasteiger partial charge in [-0.25, -0.2) is 9.97 Å². The van der Waals surface area contributed by atoms with Gasteiger partial charge in [0, 0.05) is 18.0 Å². The van der Waals surface area contributed by atoms with Crippen LogP contribution in [0.15, 0.2) is 22.9 Å². The van der Waals surface area contributed by atoms with Gasteiger partial charge in [-0.05, 0) is 41.4 Å². The zero-order valence-electron chi connectivity index (χ0n) is 8.83. The Hall–Kier alpha value is -1.000. The molecule has 2 aromatic heterocycles. The van der Waals surface area contributed by atoms with Crippen LogP contribution in [-0.4, -0.2) is 15.0 Å². The normalized spacial score (nSPS) is 10.5. The molecule has 0 atom stereocenters. The molecule has 0 N–H and O–H groups in total. The summed E-state index contributed by atoms with van der Waals surface area (Å²) in [6.45, 7) is 3.86. The van der Waals surface area contributed by atoms with E-state index in [4.69, 9.17) is 11.6 Å². The summed E-state index contributed by atoms with van der Waals surface area (Å²) in [6.07, 6.45) is 3.50. The van der Waals surface area contributed by atoms with Crippen molar-refractivity contribution >= 4 is 27.5 Å². The summed E-state index contributed by atoms with van der Waals surface area (Å²) in [5.74, 6) is 0.630. The van der Waals surface area contributed by atoms with E-state index in [1.807, 2.05) is 19.9 Å². The molecule has 16 heavy (non-hydrogen) atoms. The fourth-order valence-electron chi connectivity index (χ4n) is 1.37. The Balaban J connectivity index is 2.62. The van der Waals surface area contributed by atoms with Crippen LogP contribution in [0.2, 0.25) is 5.15 Å². The Morgan fingerprint density at radius 3 is 2.62 bits per heavy atom. The maximum Gasteiger partial charge on any atom is 0.161 e. The molecule has 0 aliphatic rings. The Morgan fingerprint density at radius 2 is 2.00 bits per heavy atom. The Kier molecular flexibility index (Phi) is 3.21. The van der Waals surface area contributed by atoms with Gasteiger partial charge in [0.1, 0.15) is 5.15 Å². The van der Waals surface area contributed by atoms with Crippen LogP contribution in [-0.2, 0) is 0 Å². The van der Waals surface area contributed by atoms with Gasteiger partial charge in [-0.2, -0.15) is 0 Å². The van der Waals surface area contributed by atoms with Gasteiger partial charge in [0.05, 0.1) is 10.2 Å². The lowest BCUT2D eigenvalue weighted by atomic mass is 10.1. The van der Waals surface area contributed by atoms with Crippen LogP contribution in [0.4, 0.5) is 0 Å². The molecule has 2 aromatic rings. The maximum absolute atomic E-state index is 6.01. The molecule has 3 nitrogen and oxygen atoms in total. The highest BCUT2D eigenvalue weighted by molar-refractivity contribution is 9.10. The number of nitrogens with zero attached hydrogens (tertiary/aromatic N) is 3. The second kappa shape index (κ2) is 4.47. The molecule has 0 spiro atoms. The van der Waals surface area contributed by atoms with Gasteiger partial charge in [-0.1, -0.05) is 11.6 Å². The monoisotopic (exact) mass is 297 g/mol. The average molecular weight is 299 g/mol. The van der Waals surface area contributed by atoms with Gasteiger partial charge in [-0.3, -0.25) is 4.98 Å². The lowest BCUT2D eigenvalue weighted by Gasteiger charge is -2.06. The number of rotatable bonds is 1. The van der Waals surface area contributed by atoms with Gasteiger partial charge in [-0.15, -0.1) is 0 Å². The molecule has 0 saturated heterocycles. The molecule has 82 valence electrons. The molecule has 0 saturated carbocycles. The van der Waals surface area contributed by atoms with Gasteiger partial charge >= 0.3 is 0 Å². The predicted molar refractivity (Wildman–Crippen MR) is 67.4 cm³/mol. The summed E-state index contributed by atoms with van der Waals surface area (Å²) in [4.78, 5) is 12.7. The molecule has 2 heterocycles. The summed E-state index contributed by atoms with van der Waals surface area (Å²) < 4.78 is 0.740. The Bertz CT molecular complexity index is 519. The van der Waals surface area contributed by atoms with Crippen molar-refractivity contribution in [3.63, 3.8) is 0 Å². The SMILES string of the molecule is Cc1cnccc1-c1nc(C)c(Br)c(Cl)n1. The molecule has 0 fully saturated rings. The van der Waals surface area contributed by atoms with Crippen molar-refractivity contribution in [2.45, 2.75) is 13.8 Å². The van der Waals surface area contributed by atoms with Crippen LogP contribution in [0.3, 0.4) is 0 Å². The van der Waals surface area contributed by atoms with Crippen molar-refractivity contribution in [3.8, 4) is 11.4 Å². The molecule has 0 unspecified atom stereocenters. The molecule has 0 aliphatic heterocycles. The third-order valence-corrected chi connectivity index (χ3v) is 3.69. The lowest BCUT2D eigenvalue weighted by molar-refractivity contribution is 1.08. The van der Waals surface area contributed by atoms with Crippen molar-refractivity contribution < 1.29 is 0 Å². The minimum absolute atomic E-state index is 0.429. The van der Waals surface area contributed by atoms with Gasteiger partial charge in [0.15, 0.2) is 5.82 Å². The molecular weight excluding hydrogens is 289 g/mol.